The van der Waals surface area contributed by atoms with Gasteiger partial charge in [-0.05, 0) is 32.1 Å². The summed E-state index contributed by atoms with van der Waals surface area (Å²) in [6, 6.07) is 0.0478. The summed E-state index contributed by atoms with van der Waals surface area (Å²) in [5.74, 6) is 0.583. The van der Waals surface area contributed by atoms with E-state index in [1.165, 1.54) is 6.42 Å². The zero-order valence-electron chi connectivity index (χ0n) is 9.02. The van der Waals surface area contributed by atoms with Crippen molar-refractivity contribution in [3.63, 3.8) is 0 Å². The molecule has 1 aliphatic heterocycles. The van der Waals surface area contributed by atoms with Crippen molar-refractivity contribution in [2.24, 2.45) is 11.7 Å². The van der Waals surface area contributed by atoms with Crippen molar-refractivity contribution >= 4 is 10.2 Å². The highest BCUT2D eigenvalue weighted by Gasteiger charge is 2.43. The van der Waals surface area contributed by atoms with Crippen LogP contribution in [-0.4, -0.2) is 37.9 Å². The molecule has 0 aromatic heterocycles. The fraction of sp³-hybridized carbons (Fsp3) is 1.00. The molecule has 2 aliphatic rings. The lowest BCUT2D eigenvalue weighted by atomic mass is 10.1. The SMILES string of the molecule is C[C@H](CN)NS(=O)(=O)N1CC2CCC1C2. The van der Waals surface area contributed by atoms with Gasteiger partial charge in [-0.25, -0.2) is 0 Å². The van der Waals surface area contributed by atoms with Crippen LogP contribution in [0.2, 0.25) is 0 Å². The first-order valence-corrected chi connectivity index (χ1v) is 6.96. The highest BCUT2D eigenvalue weighted by molar-refractivity contribution is 7.87. The van der Waals surface area contributed by atoms with E-state index < -0.39 is 10.2 Å². The van der Waals surface area contributed by atoms with Crippen LogP contribution in [-0.2, 0) is 10.2 Å². The molecule has 0 aromatic rings. The third-order valence-corrected chi connectivity index (χ3v) is 5.14. The first-order chi connectivity index (χ1) is 7.03. The molecule has 0 amide bonds. The van der Waals surface area contributed by atoms with Gasteiger partial charge in [-0.15, -0.1) is 0 Å². The Labute approximate surface area is 91.2 Å². The molecule has 3 N–H and O–H groups in total. The molecule has 1 saturated carbocycles. The van der Waals surface area contributed by atoms with Crippen molar-refractivity contribution in [2.45, 2.75) is 38.3 Å². The first-order valence-electron chi connectivity index (χ1n) is 5.52. The minimum absolute atomic E-state index is 0.186. The van der Waals surface area contributed by atoms with E-state index in [1.807, 2.05) is 0 Å². The maximum Gasteiger partial charge on any atom is 0.279 e. The highest BCUT2D eigenvalue weighted by Crippen LogP contribution is 2.38. The van der Waals surface area contributed by atoms with Crippen LogP contribution in [0.15, 0.2) is 0 Å². The minimum atomic E-state index is -3.30. The molecule has 2 fully saturated rings. The summed E-state index contributed by atoms with van der Waals surface area (Å²) in [6.45, 7) is 2.81. The molecule has 3 atom stereocenters. The second-order valence-corrected chi connectivity index (χ2v) is 6.32. The average Bonchev–Trinajstić information content (AvgIpc) is 2.77. The molecule has 5 nitrogen and oxygen atoms in total. The van der Waals surface area contributed by atoms with E-state index in [0.29, 0.717) is 19.0 Å². The second-order valence-electron chi connectivity index (χ2n) is 4.66. The van der Waals surface area contributed by atoms with E-state index in [9.17, 15) is 8.42 Å². The molecular formula is C9H19N3O2S. The molecule has 2 rings (SSSR count). The van der Waals surface area contributed by atoms with Gasteiger partial charge in [0.2, 0.25) is 0 Å². The fourth-order valence-electron chi connectivity index (χ4n) is 2.54. The van der Waals surface area contributed by atoms with Gasteiger partial charge in [-0.3, -0.25) is 0 Å². The Morgan fingerprint density at radius 3 is 2.73 bits per heavy atom. The second kappa shape index (κ2) is 4.01. The van der Waals surface area contributed by atoms with Crippen LogP contribution in [0.25, 0.3) is 0 Å². The molecule has 2 bridgehead atoms. The zero-order valence-corrected chi connectivity index (χ0v) is 9.83. The van der Waals surface area contributed by atoms with Gasteiger partial charge in [0, 0.05) is 25.2 Å². The van der Waals surface area contributed by atoms with E-state index >= 15 is 0 Å². The number of nitrogens with two attached hydrogens (primary N) is 1. The highest BCUT2D eigenvalue weighted by atomic mass is 32.2. The lowest BCUT2D eigenvalue weighted by molar-refractivity contribution is 0.326. The van der Waals surface area contributed by atoms with Crippen molar-refractivity contribution in [3.05, 3.63) is 0 Å². The number of rotatable bonds is 4. The molecule has 1 aliphatic carbocycles. The fourth-order valence-corrected chi connectivity index (χ4v) is 4.28. The van der Waals surface area contributed by atoms with Crippen LogP contribution in [0.4, 0.5) is 0 Å². The van der Waals surface area contributed by atoms with E-state index in [4.69, 9.17) is 5.73 Å². The average molecular weight is 233 g/mol. The molecule has 0 aromatic carbocycles. The summed E-state index contributed by atoms with van der Waals surface area (Å²) in [5.41, 5.74) is 5.41. The summed E-state index contributed by atoms with van der Waals surface area (Å²) >= 11 is 0. The number of hydrogen-bond donors (Lipinski definition) is 2. The van der Waals surface area contributed by atoms with Crippen molar-refractivity contribution in [1.82, 2.24) is 9.03 Å². The standard InChI is InChI=1S/C9H19N3O2S/c1-7(5-10)11-15(13,14)12-6-8-2-3-9(12)4-8/h7-9,11H,2-6,10H2,1H3/t7-,8?,9?/m1/s1. The molecule has 0 radical (unpaired) electrons. The molecule has 2 unspecified atom stereocenters. The van der Waals surface area contributed by atoms with Crippen molar-refractivity contribution in [1.29, 1.82) is 0 Å². The summed E-state index contributed by atoms with van der Waals surface area (Å²) in [7, 11) is -3.30. The molecule has 1 heterocycles. The zero-order chi connectivity index (χ0) is 11.1. The smallest absolute Gasteiger partial charge is 0.279 e. The van der Waals surface area contributed by atoms with Crippen LogP contribution in [0, 0.1) is 5.92 Å². The predicted molar refractivity (Wildman–Crippen MR) is 58.4 cm³/mol. The third kappa shape index (κ3) is 2.18. The number of hydrogen-bond acceptors (Lipinski definition) is 3. The number of fused-ring (bicyclic) bond motifs is 2. The van der Waals surface area contributed by atoms with Gasteiger partial charge in [0.1, 0.15) is 0 Å². The number of piperidine rings is 1. The Bertz CT molecular complexity index is 330. The lowest BCUT2D eigenvalue weighted by Gasteiger charge is -2.27. The van der Waals surface area contributed by atoms with Gasteiger partial charge in [-0.1, -0.05) is 0 Å². The van der Waals surface area contributed by atoms with Gasteiger partial charge in [0.05, 0.1) is 0 Å². The van der Waals surface area contributed by atoms with E-state index in [2.05, 4.69) is 4.72 Å². The molecule has 15 heavy (non-hydrogen) atoms. The summed E-state index contributed by atoms with van der Waals surface area (Å²) in [4.78, 5) is 0. The Balaban J connectivity index is 2.03. The Morgan fingerprint density at radius 1 is 1.53 bits per heavy atom. The number of nitrogens with zero attached hydrogens (tertiary/aromatic N) is 1. The molecule has 6 heteroatoms. The van der Waals surface area contributed by atoms with Crippen molar-refractivity contribution < 1.29 is 8.42 Å². The Morgan fingerprint density at radius 2 is 2.27 bits per heavy atom. The third-order valence-electron chi connectivity index (χ3n) is 3.37. The maximum atomic E-state index is 12.0. The molecular weight excluding hydrogens is 214 g/mol. The van der Waals surface area contributed by atoms with Crippen molar-refractivity contribution in [3.8, 4) is 0 Å². The van der Waals surface area contributed by atoms with Gasteiger partial charge < -0.3 is 5.73 Å². The van der Waals surface area contributed by atoms with E-state index in [0.717, 1.165) is 12.8 Å². The van der Waals surface area contributed by atoms with Gasteiger partial charge in [0.15, 0.2) is 0 Å². The van der Waals surface area contributed by atoms with E-state index in [1.54, 1.807) is 11.2 Å². The minimum Gasteiger partial charge on any atom is -0.329 e. The number of nitrogens with one attached hydrogen (secondary N) is 1. The summed E-state index contributed by atoms with van der Waals surface area (Å²) < 4.78 is 28.1. The monoisotopic (exact) mass is 233 g/mol. The van der Waals surface area contributed by atoms with Crippen LogP contribution in [0.3, 0.4) is 0 Å². The Kier molecular flexibility index (Phi) is 3.03. The van der Waals surface area contributed by atoms with Crippen molar-refractivity contribution in [2.75, 3.05) is 13.1 Å². The summed E-state index contributed by atoms with van der Waals surface area (Å²) in [5, 5.41) is 0. The lowest BCUT2D eigenvalue weighted by Crippen LogP contribution is -2.49. The van der Waals surface area contributed by atoms with Crippen LogP contribution in [0.1, 0.15) is 26.2 Å². The molecule has 1 saturated heterocycles. The first kappa shape index (κ1) is 11.3. The van der Waals surface area contributed by atoms with Crippen LogP contribution >= 0.6 is 0 Å². The topological polar surface area (TPSA) is 75.4 Å². The molecule has 0 spiro atoms. The predicted octanol–water partition coefficient (Wildman–Crippen LogP) is -0.348. The molecule has 88 valence electrons. The van der Waals surface area contributed by atoms with Gasteiger partial charge in [0.25, 0.3) is 10.2 Å². The van der Waals surface area contributed by atoms with Crippen LogP contribution < -0.4 is 10.5 Å². The Hall–Kier alpha value is -0.170. The largest absolute Gasteiger partial charge is 0.329 e. The summed E-state index contributed by atoms with van der Waals surface area (Å²) in [6.07, 6.45) is 3.24. The van der Waals surface area contributed by atoms with Gasteiger partial charge in [-0.2, -0.15) is 17.4 Å². The van der Waals surface area contributed by atoms with Gasteiger partial charge >= 0.3 is 0 Å². The van der Waals surface area contributed by atoms with E-state index in [-0.39, 0.29) is 12.1 Å². The quantitative estimate of drug-likeness (QED) is 0.697. The van der Waals surface area contributed by atoms with Crippen LogP contribution in [0.5, 0.6) is 0 Å². The maximum absolute atomic E-state index is 12.0. The normalized spacial score (nSPS) is 33.5.